The molecule has 0 bridgehead atoms. The Hall–Kier alpha value is -3.03. The Bertz CT molecular complexity index is 1040. The third-order valence-corrected chi connectivity index (χ3v) is 4.31. The fourth-order valence-corrected chi connectivity index (χ4v) is 3.03. The molecule has 0 atom stereocenters. The molecule has 0 aliphatic heterocycles. The molecular weight excluding hydrogens is 346 g/mol. The number of nitriles is 1. The van der Waals surface area contributed by atoms with Crippen LogP contribution in [0.1, 0.15) is 25.5 Å². The van der Waals surface area contributed by atoms with Gasteiger partial charge in [-0.15, -0.1) is 0 Å². The highest BCUT2D eigenvalue weighted by Crippen LogP contribution is 2.26. The number of aromatic nitrogens is 1. The van der Waals surface area contributed by atoms with Crippen LogP contribution < -0.4 is 5.32 Å². The van der Waals surface area contributed by atoms with Gasteiger partial charge in [0, 0.05) is 39.4 Å². The number of nitrogens with one attached hydrogen (secondary N) is 1. The van der Waals surface area contributed by atoms with E-state index in [9.17, 15) is 10.1 Å². The fraction of sp³-hybridized carbons (Fsp3) is 0.143. The van der Waals surface area contributed by atoms with Crippen LogP contribution in [0.15, 0.2) is 60.3 Å². The van der Waals surface area contributed by atoms with Gasteiger partial charge in [-0.3, -0.25) is 4.79 Å². The summed E-state index contributed by atoms with van der Waals surface area (Å²) in [4.78, 5) is 12.5. The molecular formula is C21H18ClN3O. The summed E-state index contributed by atoms with van der Waals surface area (Å²) in [6.45, 7) is 4.19. The van der Waals surface area contributed by atoms with E-state index in [4.69, 9.17) is 11.6 Å². The Labute approximate surface area is 157 Å². The van der Waals surface area contributed by atoms with Gasteiger partial charge in [-0.2, -0.15) is 5.26 Å². The average molecular weight is 364 g/mol. The monoisotopic (exact) mass is 363 g/mol. The van der Waals surface area contributed by atoms with E-state index in [0.29, 0.717) is 10.7 Å². The third kappa shape index (κ3) is 3.63. The number of hydrogen-bond donors (Lipinski definition) is 1. The van der Waals surface area contributed by atoms with Crippen LogP contribution in [-0.2, 0) is 4.79 Å². The summed E-state index contributed by atoms with van der Waals surface area (Å²) < 4.78 is 2.13. The minimum absolute atomic E-state index is 0.0386. The van der Waals surface area contributed by atoms with E-state index in [0.717, 1.165) is 16.5 Å². The van der Waals surface area contributed by atoms with Crippen molar-refractivity contribution < 1.29 is 4.79 Å². The van der Waals surface area contributed by atoms with Crippen LogP contribution >= 0.6 is 11.6 Å². The summed E-state index contributed by atoms with van der Waals surface area (Å²) in [5, 5.41) is 13.7. The van der Waals surface area contributed by atoms with Crippen molar-refractivity contribution in [2.75, 3.05) is 5.32 Å². The van der Waals surface area contributed by atoms with Gasteiger partial charge in [-0.1, -0.05) is 35.9 Å². The van der Waals surface area contributed by atoms with E-state index >= 15 is 0 Å². The molecule has 0 saturated heterocycles. The zero-order valence-corrected chi connectivity index (χ0v) is 15.3. The molecule has 1 amide bonds. The number of amides is 1. The predicted molar refractivity (Wildman–Crippen MR) is 106 cm³/mol. The fourth-order valence-electron chi connectivity index (χ4n) is 2.84. The number of halogens is 1. The van der Waals surface area contributed by atoms with Crippen molar-refractivity contribution in [2.24, 2.45) is 0 Å². The van der Waals surface area contributed by atoms with Gasteiger partial charge in [0.1, 0.15) is 11.6 Å². The molecule has 0 radical (unpaired) electrons. The summed E-state index contributed by atoms with van der Waals surface area (Å²) in [6.07, 6.45) is 3.60. The van der Waals surface area contributed by atoms with Crippen molar-refractivity contribution in [1.82, 2.24) is 4.57 Å². The molecule has 0 aliphatic rings. The molecule has 5 heteroatoms. The van der Waals surface area contributed by atoms with Gasteiger partial charge in [0.15, 0.2) is 0 Å². The van der Waals surface area contributed by atoms with E-state index in [1.807, 2.05) is 36.5 Å². The molecule has 1 N–H and O–H groups in total. The minimum Gasteiger partial charge on any atom is -0.344 e. The lowest BCUT2D eigenvalue weighted by atomic mass is 10.1. The standard InChI is InChI=1S/C21H18ClN3O/c1-14(2)25-13-16(19-8-3-4-9-20(19)25)10-15(12-23)21(26)24-18-7-5-6-17(22)11-18/h3-11,13-14H,1-2H3,(H,24,26)/b15-10+. The number of fused-ring (bicyclic) bond motifs is 1. The number of hydrogen-bond acceptors (Lipinski definition) is 2. The Morgan fingerprint density at radius 2 is 2.00 bits per heavy atom. The van der Waals surface area contributed by atoms with Crippen molar-refractivity contribution in [3.8, 4) is 6.07 Å². The SMILES string of the molecule is CC(C)n1cc(/C=C(\C#N)C(=O)Nc2cccc(Cl)c2)c2ccccc21. The number of carbonyl (C=O) groups excluding carboxylic acids is 1. The Morgan fingerprint density at radius 1 is 1.23 bits per heavy atom. The van der Waals surface area contributed by atoms with E-state index < -0.39 is 5.91 Å². The third-order valence-electron chi connectivity index (χ3n) is 4.08. The first kappa shape index (κ1) is 17.8. The normalized spacial score (nSPS) is 11.6. The second-order valence-electron chi connectivity index (χ2n) is 6.24. The van der Waals surface area contributed by atoms with Gasteiger partial charge >= 0.3 is 0 Å². The van der Waals surface area contributed by atoms with Gasteiger partial charge < -0.3 is 9.88 Å². The van der Waals surface area contributed by atoms with Crippen molar-refractivity contribution in [3.63, 3.8) is 0 Å². The highest BCUT2D eigenvalue weighted by molar-refractivity contribution is 6.31. The molecule has 0 spiro atoms. The molecule has 3 aromatic rings. The maximum atomic E-state index is 12.5. The second-order valence-corrected chi connectivity index (χ2v) is 6.67. The number of carbonyl (C=O) groups is 1. The molecule has 2 aromatic carbocycles. The second kappa shape index (κ2) is 7.47. The molecule has 0 fully saturated rings. The van der Waals surface area contributed by atoms with Gasteiger partial charge in [0.25, 0.3) is 5.91 Å². The number of nitrogens with zero attached hydrogens (tertiary/aromatic N) is 2. The number of rotatable bonds is 4. The zero-order valence-electron chi connectivity index (χ0n) is 14.5. The van der Waals surface area contributed by atoms with E-state index in [-0.39, 0.29) is 11.6 Å². The summed E-state index contributed by atoms with van der Waals surface area (Å²) in [6, 6.07) is 17.0. The number of anilines is 1. The van der Waals surface area contributed by atoms with Crippen molar-refractivity contribution >= 4 is 40.2 Å². The Kier molecular flexibility index (Phi) is 5.11. The summed E-state index contributed by atoms with van der Waals surface area (Å²) in [7, 11) is 0. The average Bonchev–Trinajstić information content (AvgIpc) is 2.98. The smallest absolute Gasteiger partial charge is 0.266 e. The molecule has 1 heterocycles. The lowest BCUT2D eigenvalue weighted by Crippen LogP contribution is -2.13. The molecule has 1 aromatic heterocycles. The maximum Gasteiger partial charge on any atom is 0.266 e. The van der Waals surface area contributed by atoms with E-state index in [1.54, 1.807) is 30.3 Å². The molecule has 4 nitrogen and oxygen atoms in total. The largest absolute Gasteiger partial charge is 0.344 e. The van der Waals surface area contributed by atoms with Gasteiger partial charge in [0.2, 0.25) is 0 Å². The first-order valence-electron chi connectivity index (χ1n) is 8.28. The van der Waals surface area contributed by atoms with E-state index in [1.165, 1.54) is 0 Å². The first-order chi connectivity index (χ1) is 12.5. The molecule has 0 saturated carbocycles. The Morgan fingerprint density at radius 3 is 2.69 bits per heavy atom. The zero-order chi connectivity index (χ0) is 18.7. The molecule has 3 rings (SSSR count). The number of para-hydroxylation sites is 1. The molecule has 130 valence electrons. The molecule has 0 aliphatic carbocycles. The van der Waals surface area contributed by atoms with Gasteiger partial charge in [0.05, 0.1) is 0 Å². The maximum absolute atomic E-state index is 12.5. The lowest BCUT2D eigenvalue weighted by molar-refractivity contribution is -0.112. The predicted octanol–water partition coefficient (Wildman–Crippen LogP) is 5.42. The minimum atomic E-state index is -0.462. The van der Waals surface area contributed by atoms with Crippen LogP contribution in [0.25, 0.3) is 17.0 Å². The number of benzene rings is 2. The highest BCUT2D eigenvalue weighted by atomic mass is 35.5. The topological polar surface area (TPSA) is 57.8 Å². The first-order valence-corrected chi connectivity index (χ1v) is 8.65. The van der Waals surface area contributed by atoms with Crippen molar-refractivity contribution in [2.45, 2.75) is 19.9 Å². The van der Waals surface area contributed by atoms with Crippen LogP contribution in [0.5, 0.6) is 0 Å². The van der Waals surface area contributed by atoms with Crippen molar-refractivity contribution in [1.29, 1.82) is 5.26 Å². The Balaban J connectivity index is 1.98. The van der Waals surface area contributed by atoms with Crippen molar-refractivity contribution in [3.05, 3.63) is 70.9 Å². The van der Waals surface area contributed by atoms with E-state index in [2.05, 4.69) is 23.7 Å². The summed E-state index contributed by atoms with van der Waals surface area (Å²) in [5.74, 6) is -0.462. The van der Waals surface area contributed by atoms with Crippen LogP contribution in [-0.4, -0.2) is 10.5 Å². The van der Waals surface area contributed by atoms with Gasteiger partial charge in [-0.25, -0.2) is 0 Å². The quantitative estimate of drug-likeness (QED) is 0.497. The van der Waals surface area contributed by atoms with Crippen LogP contribution in [0.2, 0.25) is 5.02 Å². The molecule has 0 unspecified atom stereocenters. The summed E-state index contributed by atoms with van der Waals surface area (Å²) >= 11 is 5.94. The lowest BCUT2D eigenvalue weighted by Gasteiger charge is -2.08. The van der Waals surface area contributed by atoms with Crippen LogP contribution in [0, 0.1) is 11.3 Å². The molecule has 26 heavy (non-hydrogen) atoms. The highest BCUT2D eigenvalue weighted by Gasteiger charge is 2.13. The van der Waals surface area contributed by atoms with Gasteiger partial charge in [-0.05, 0) is 44.2 Å². The van der Waals surface area contributed by atoms with Crippen LogP contribution in [0.3, 0.4) is 0 Å². The summed E-state index contributed by atoms with van der Waals surface area (Å²) in [5.41, 5.74) is 2.50. The van der Waals surface area contributed by atoms with Crippen LogP contribution in [0.4, 0.5) is 5.69 Å².